The van der Waals surface area contributed by atoms with E-state index in [9.17, 15) is 9.18 Å². The van der Waals surface area contributed by atoms with E-state index in [4.69, 9.17) is 10.5 Å². The minimum absolute atomic E-state index is 0.0749. The molecule has 2 aromatic rings. The third-order valence-electron chi connectivity index (χ3n) is 4.61. The predicted molar refractivity (Wildman–Crippen MR) is 92.4 cm³/mol. The summed E-state index contributed by atoms with van der Waals surface area (Å²) in [7, 11) is 0. The molecule has 0 aromatic heterocycles. The van der Waals surface area contributed by atoms with Gasteiger partial charge in [0.2, 0.25) is 0 Å². The lowest BCUT2D eigenvalue weighted by Crippen LogP contribution is -2.55. The highest BCUT2D eigenvalue weighted by Gasteiger charge is 2.45. The second kappa shape index (κ2) is 6.15. The number of nitrogens with zero attached hydrogens (tertiary/aromatic N) is 1. The molecular formula is C19H21FN2O2. The summed E-state index contributed by atoms with van der Waals surface area (Å²) in [6, 6.07) is 11.5. The molecule has 4 nitrogen and oxygen atoms in total. The second-order valence-corrected chi connectivity index (χ2v) is 6.05. The Morgan fingerprint density at radius 2 is 1.79 bits per heavy atom. The predicted octanol–water partition coefficient (Wildman–Crippen LogP) is 3.89. The van der Waals surface area contributed by atoms with Crippen LogP contribution in [0.2, 0.25) is 0 Å². The van der Waals surface area contributed by atoms with Gasteiger partial charge < -0.3 is 15.4 Å². The summed E-state index contributed by atoms with van der Waals surface area (Å²) in [5.41, 5.74) is 7.13. The largest absolute Gasteiger partial charge is 0.475 e. The Kier molecular flexibility index (Phi) is 4.18. The van der Waals surface area contributed by atoms with Crippen molar-refractivity contribution < 1.29 is 13.9 Å². The van der Waals surface area contributed by atoms with E-state index in [1.54, 1.807) is 35.2 Å². The first-order valence-corrected chi connectivity index (χ1v) is 8.14. The molecule has 0 saturated carbocycles. The molecule has 0 unspecified atom stereocenters. The zero-order chi connectivity index (χ0) is 17.3. The van der Waals surface area contributed by atoms with Crippen molar-refractivity contribution in [3.05, 3.63) is 53.8 Å². The van der Waals surface area contributed by atoms with Crippen molar-refractivity contribution in [2.75, 3.05) is 10.6 Å². The van der Waals surface area contributed by atoms with E-state index in [1.165, 1.54) is 12.1 Å². The summed E-state index contributed by atoms with van der Waals surface area (Å²) in [6.07, 6.45) is 1.13. The van der Waals surface area contributed by atoms with Crippen LogP contribution >= 0.6 is 0 Å². The van der Waals surface area contributed by atoms with Crippen LogP contribution in [0, 0.1) is 5.82 Å². The molecule has 0 fully saturated rings. The standard InChI is InChI=1S/C19H21FN2O2/c1-3-19(4-2)18(23)22(12-13-5-7-14(20)8-6-13)16-10-9-15(21)11-17(16)24-19/h5-11H,3-4,12,21H2,1-2H3. The van der Waals surface area contributed by atoms with Crippen LogP contribution in [0.3, 0.4) is 0 Å². The molecule has 1 aliphatic rings. The van der Waals surface area contributed by atoms with E-state index in [1.807, 2.05) is 13.8 Å². The number of fused-ring (bicyclic) bond motifs is 1. The van der Waals surface area contributed by atoms with Crippen molar-refractivity contribution in [1.29, 1.82) is 0 Å². The fourth-order valence-electron chi connectivity index (χ4n) is 3.07. The smallest absolute Gasteiger partial charge is 0.271 e. The van der Waals surface area contributed by atoms with Crippen LogP contribution in [0.1, 0.15) is 32.3 Å². The van der Waals surface area contributed by atoms with E-state index in [2.05, 4.69) is 0 Å². The quantitative estimate of drug-likeness (QED) is 0.866. The molecule has 0 saturated heterocycles. The zero-order valence-corrected chi connectivity index (χ0v) is 13.9. The van der Waals surface area contributed by atoms with Crippen LogP contribution in [0.4, 0.5) is 15.8 Å². The number of halogens is 1. The van der Waals surface area contributed by atoms with E-state index in [-0.39, 0.29) is 11.7 Å². The van der Waals surface area contributed by atoms with Crippen LogP contribution in [0.15, 0.2) is 42.5 Å². The van der Waals surface area contributed by atoms with Gasteiger partial charge >= 0.3 is 0 Å². The first kappa shape index (κ1) is 16.3. The molecule has 0 bridgehead atoms. The Labute approximate surface area is 141 Å². The third kappa shape index (κ3) is 2.70. The molecule has 0 radical (unpaired) electrons. The average molecular weight is 328 g/mol. The Morgan fingerprint density at radius 3 is 2.42 bits per heavy atom. The SMILES string of the molecule is CCC1(CC)Oc2cc(N)ccc2N(Cc2ccc(F)cc2)C1=O. The summed E-state index contributed by atoms with van der Waals surface area (Å²) in [5, 5.41) is 0. The normalized spacial score (nSPS) is 15.8. The number of benzene rings is 2. The lowest BCUT2D eigenvalue weighted by atomic mass is 9.92. The van der Waals surface area contributed by atoms with Crippen molar-refractivity contribution in [3.63, 3.8) is 0 Å². The van der Waals surface area contributed by atoms with E-state index >= 15 is 0 Å². The average Bonchev–Trinajstić information content (AvgIpc) is 2.59. The Balaban J connectivity index is 2.05. The van der Waals surface area contributed by atoms with Gasteiger partial charge in [0.05, 0.1) is 12.2 Å². The molecule has 2 aromatic carbocycles. The van der Waals surface area contributed by atoms with Gasteiger partial charge in [0.15, 0.2) is 5.60 Å². The van der Waals surface area contributed by atoms with Crippen molar-refractivity contribution in [3.8, 4) is 5.75 Å². The molecular weight excluding hydrogens is 307 g/mol. The first-order valence-electron chi connectivity index (χ1n) is 8.14. The van der Waals surface area contributed by atoms with E-state index in [0.29, 0.717) is 36.5 Å². The monoisotopic (exact) mass is 328 g/mol. The van der Waals surface area contributed by atoms with Crippen molar-refractivity contribution >= 4 is 17.3 Å². The van der Waals surface area contributed by atoms with Gasteiger partial charge in [-0.25, -0.2) is 4.39 Å². The number of nitrogen functional groups attached to an aromatic ring is 1. The molecule has 0 atom stereocenters. The second-order valence-electron chi connectivity index (χ2n) is 6.05. The molecule has 0 aliphatic carbocycles. The molecule has 5 heteroatoms. The van der Waals surface area contributed by atoms with Crippen LogP contribution in [0.25, 0.3) is 0 Å². The van der Waals surface area contributed by atoms with Crippen molar-refractivity contribution in [1.82, 2.24) is 0 Å². The topological polar surface area (TPSA) is 55.6 Å². The van der Waals surface area contributed by atoms with Gasteiger partial charge in [-0.05, 0) is 42.7 Å². The van der Waals surface area contributed by atoms with Crippen LogP contribution in [-0.4, -0.2) is 11.5 Å². The number of nitrogens with two attached hydrogens (primary N) is 1. The third-order valence-corrected chi connectivity index (χ3v) is 4.61. The van der Waals surface area contributed by atoms with Gasteiger partial charge in [-0.3, -0.25) is 4.79 Å². The van der Waals surface area contributed by atoms with Gasteiger partial charge in [0.25, 0.3) is 5.91 Å². The first-order chi connectivity index (χ1) is 11.5. The Hall–Kier alpha value is -2.56. The number of ether oxygens (including phenoxy) is 1. The minimum Gasteiger partial charge on any atom is -0.475 e. The number of hydrogen-bond donors (Lipinski definition) is 1. The highest BCUT2D eigenvalue weighted by Crippen LogP contribution is 2.42. The van der Waals surface area contributed by atoms with E-state index in [0.717, 1.165) is 5.56 Å². The van der Waals surface area contributed by atoms with E-state index < -0.39 is 5.60 Å². The minimum atomic E-state index is -0.888. The lowest BCUT2D eigenvalue weighted by Gasteiger charge is -2.42. The number of hydrogen-bond acceptors (Lipinski definition) is 3. The zero-order valence-electron chi connectivity index (χ0n) is 13.9. The summed E-state index contributed by atoms with van der Waals surface area (Å²) in [4.78, 5) is 14.8. The number of carbonyl (C=O) groups excluding carboxylic acids is 1. The number of amides is 1. The van der Waals surface area contributed by atoms with Crippen LogP contribution in [0.5, 0.6) is 5.75 Å². The molecule has 3 rings (SSSR count). The molecule has 2 N–H and O–H groups in total. The van der Waals surface area contributed by atoms with Crippen LogP contribution < -0.4 is 15.4 Å². The number of carbonyl (C=O) groups is 1. The summed E-state index contributed by atoms with van der Waals surface area (Å²) >= 11 is 0. The summed E-state index contributed by atoms with van der Waals surface area (Å²) in [5.74, 6) is 0.242. The molecule has 24 heavy (non-hydrogen) atoms. The van der Waals surface area contributed by atoms with Crippen molar-refractivity contribution in [2.45, 2.75) is 38.8 Å². The molecule has 126 valence electrons. The fraction of sp³-hybridized carbons (Fsp3) is 0.316. The van der Waals surface area contributed by atoms with Gasteiger partial charge in [0.1, 0.15) is 11.6 Å². The van der Waals surface area contributed by atoms with Crippen LogP contribution in [-0.2, 0) is 11.3 Å². The highest BCUT2D eigenvalue weighted by molar-refractivity contribution is 6.03. The highest BCUT2D eigenvalue weighted by atomic mass is 19.1. The van der Waals surface area contributed by atoms with Gasteiger partial charge in [-0.1, -0.05) is 26.0 Å². The number of rotatable bonds is 4. The maximum Gasteiger partial charge on any atom is 0.271 e. The fourth-order valence-corrected chi connectivity index (χ4v) is 3.07. The molecule has 0 spiro atoms. The number of anilines is 2. The maximum absolute atomic E-state index is 13.1. The van der Waals surface area contributed by atoms with Crippen molar-refractivity contribution in [2.24, 2.45) is 0 Å². The maximum atomic E-state index is 13.1. The lowest BCUT2D eigenvalue weighted by molar-refractivity contribution is -0.136. The van der Waals surface area contributed by atoms with Gasteiger partial charge in [-0.2, -0.15) is 0 Å². The molecule has 1 aliphatic heterocycles. The Morgan fingerprint density at radius 1 is 1.12 bits per heavy atom. The Bertz CT molecular complexity index is 754. The van der Waals surface area contributed by atoms with Gasteiger partial charge in [-0.15, -0.1) is 0 Å². The molecule has 1 amide bonds. The summed E-state index contributed by atoms with van der Waals surface area (Å²) in [6.45, 7) is 4.24. The summed E-state index contributed by atoms with van der Waals surface area (Å²) < 4.78 is 19.2. The molecule has 1 heterocycles. The van der Waals surface area contributed by atoms with Gasteiger partial charge in [0, 0.05) is 11.8 Å².